The van der Waals surface area contributed by atoms with Crippen molar-refractivity contribution >= 4 is 17.5 Å². The number of ketones is 2. The molecule has 0 heterocycles. The van der Waals surface area contributed by atoms with E-state index in [9.17, 15) is 14.4 Å². The average Bonchev–Trinajstić information content (AvgIpc) is 2.51. The Hall–Kier alpha value is -2.75. The van der Waals surface area contributed by atoms with E-state index in [1.165, 1.54) is 19.2 Å². The maximum atomic E-state index is 12.1. The Balaban J connectivity index is 2.28. The van der Waals surface area contributed by atoms with E-state index >= 15 is 0 Å². The molecule has 98 valence electrons. The quantitative estimate of drug-likeness (QED) is 0.587. The molecule has 0 bridgehead atoms. The summed E-state index contributed by atoms with van der Waals surface area (Å²) in [5.41, 5.74) is 2.29. The van der Waals surface area contributed by atoms with Crippen LogP contribution in [0.15, 0.2) is 42.5 Å². The molecule has 2 aromatic rings. The van der Waals surface area contributed by atoms with Crippen LogP contribution in [-0.2, 0) is 4.74 Å². The first-order chi connectivity index (χ1) is 9.63. The van der Waals surface area contributed by atoms with E-state index in [4.69, 9.17) is 0 Å². The van der Waals surface area contributed by atoms with Crippen LogP contribution in [0.4, 0.5) is 0 Å². The molecule has 0 spiro atoms. The third-order valence-electron chi connectivity index (χ3n) is 3.35. The number of hydrogen-bond donors (Lipinski definition) is 0. The highest BCUT2D eigenvalue weighted by molar-refractivity contribution is 6.53. The zero-order chi connectivity index (χ0) is 14.3. The molecule has 0 aromatic heterocycles. The summed E-state index contributed by atoms with van der Waals surface area (Å²) in [6.07, 6.45) is 0. The minimum absolute atomic E-state index is 0.321. The average molecular weight is 266 g/mol. The van der Waals surface area contributed by atoms with Gasteiger partial charge in [0.15, 0.2) is 0 Å². The SMILES string of the molecule is COC(=O)c1ccc2c(c1)-c1ccccc1C(=O)C2=O. The fraction of sp³-hybridized carbons (Fsp3) is 0.0625. The van der Waals surface area contributed by atoms with Crippen molar-refractivity contribution in [2.24, 2.45) is 0 Å². The van der Waals surface area contributed by atoms with Crippen molar-refractivity contribution in [1.82, 2.24) is 0 Å². The maximum Gasteiger partial charge on any atom is 0.337 e. The van der Waals surface area contributed by atoms with E-state index < -0.39 is 17.5 Å². The van der Waals surface area contributed by atoms with Gasteiger partial charge in [0.1, 0.15) is 0 Å². The Kier molecular flexibility index (Phi) is 2.71. The summed E-state index contributed by atoms with van der Waals surface area (Å²) in [6, 6.07) is 11.4. The van der Waals surface area contributed by atoms with Crippen LogP contribution in [0.3, 0.4) is 0 Å². The van der Waals surface area contributed by atoms with Crippen LogP contribution >= 0.6 is 0 Å². The monoisotopic (exact) mass is 266 g/mol. The summed E-state index contributed by atoms with van der Waals surface area (Å²) >= 11 is 0. The number of rotatable bonds is 1. The number of hydrogen-bond acceptors (Lipinski definition) is 4. The molecule has 0 saturated carbocycles. The molecule has 0 N–H and O–H groups in total. The summed E-state index contributed by atoms with van der Waals surface area (Å²) in [7, 11) is 1.30. The molecule has 0 amide bonds. The van der Waals surface area contributed by atoms with Gasteiger partial charge in [0, 0.05) is 11.1 Å². The summed E-state index contributed by atoms with van der Waals surface area (Å²) in [4.78, 5) is 35.7. The van der Waals surface area contributed by atoms with Crippen molar-refractivity contribution in [2.45, 2.75) is 0 Å². The van der Waals surface area contributed by atoms with Crippen LogP contribution in [-0.4, -0.2) is 24.6 Å². The van der Waals surface area contributed by atoms with Gasteiger partial charge in [-0.05, 0) is 29.3 Å². The molecule has 0 fully saturated rings. The van der Waals surface area contributed by atoms with Gasteiger partial charge >= 0.3 is 5.97 Å². The Morgan fingerprint density at radius 2 is 1.45 bits per heavy atom. The number of benzene rings is 2. The van der Waals surface area contributed by atoms with Gasteiger partial charge in [0.2, 0.25) is 11.6 Å². The molecule has 4 heteroatoms. The van der Waals surface area contributed by atoms with Crippen LogP contribution in [0.1, 0.15) is 31.1 Å². The second kappa shape index (κ2) is 4.42. The summed E-state index contributed by atoms with van der Waals surface area (Å²) in [5, 5.41) is 0. The Morgan fingerprint density at radius 1 is 0.850 bits per heavy atom. The van der Waals surface area contributed by atoms with Gasteiger partial charge in [0.25, 0.3) is 0 Å². The van der Waals surface area contributed by atoms with Crippen molar-refractivity contribution in [3.8, 4) is 11.1 Å². The van der Waals surface area contributed by atoms with Gasteiger partial charge in [-0.2, -0.15) is 0 Å². The highest BCUT2D eigenvalue weighted by Gasteiger charge is 2.30. The van der Waals surface area contributed by atoms with Gasteiger partial charge in [-0.3, -0.25) is 9.59 Å². The number of carbonyl (C=O) groups excluding carboxylic acids is 3. The number of methoxy groups -OCH3 is 1. The van der Waals surface area contributed by atoms with Crippen LogP contribution in [0, 0.1) is 0 Å². The lowest BCUT2D eigenvalue weighted by atomic mass is 9.83. The van der Waals surface area contributed by atoms with E-state index in [2.05, 4.69) is 4.74 Å². The van der Waals surface area contributed by atoms with Crippen LogP contribution < -0.4 is 0 Å². The minimum atomic E-state index is -0.546. The molecule has 1 aliphatic carbocycles. The van der Waals surface area contributed by atoms with Crippen molar-refractivity contribution < 1.29 is 19.1 Å². The van der Waals surface area contributed by atoms with Gasteiger partial charge in [-0.25, -0.2) is 4.79 Å². The molecule has 1 aliphatic rings. The topological polar surface area (TPSA) is 60.4 Å². The van der Waals surface area contributed by atoms with Gasteiger partial charge in [-0.15, -0.1) is 0 Å². The number of ether oxygens (including phenoxy) is 1. The molecule has 0 aliphatic heterocycles. The standard InChI is InChI=1S/C16H10O4/c1-20-16(19)9-6-7-12-13(8-9)10-4-2-3-5-11(10)14(17)15(12)18/h2-8H,1H3. The minimum Gasteiger partial charge on any atom is -0.465 e. The lowest BCUT2D eigenvalue weighted by molar-refractivity contribution is 0.0600. The third-order valence-corrected chi connectivity index (χ3v) is 3.35. The molecular weight excluding hydrogens is 256 g/mol. The number of esters is 1. The maximum absolute atomic E-state index is 12.1. The predicted octanol–water partition coefficient (Wildman–Crippen LogP) is 2.52. The molecule has 0 saturated heterocycles. The van der Waals surface area contributed by atoms with Crippen LogP contribution in [0.2, 0.25) is 0 Å². The van der Waals surface area contributed by atoms with E-state index in [0.29, 0.717) is 27.8 Å². The predicted molar refractivity (Wildman–Crippen MR) is 71.9 cm³/mol. The lowest BCUT2D eigenvalue weighted by Gasteiger charge is -2.18. The largest absolute Gasteiger partial charge is 0.465 e. The third kappa shape index (κ3) is 1.66. The molecule has 4 nitrogen and oxygen atoms in total. The second-order valence-electron chi connectivity index (χ2n) is 4.46. The molecule has 0 radical (unpaired) electrons. The fourth-order valence-electron chi connectivity index (χ4n) is 2.37. The zero-order valence-corrected chi connectivity index (χ0v) is 10.7. The summed E-state index contributed by atoms with van der Waals surface area (Å²) < 4.78 is 4.67. The van der Waals surface area contributed by atoms with Crippen LogP contribution in [0.5, 0.6) is 0 Å². The summed E-state index contributed by atoms with van der Waals surface area (Å²) in [6.45, 7) is 0. The Bertz CT molecular complexity index is 759. The Labute approximate surface area is 115 Å². The van der Waals surface area contributed by atoms with E-state index in [-0.39, 0.29) is 0 Å². The first kappa shape index (κ1) is 12.3. The zero-order valence-electron chi connectivity index (χ0n) is 10.7. The lowest BCUT2D eigenvalue weighted by Crippen LogP contribution is -2.21. The number of carbonyl (C=O) groups is 3. The number of Topliss-reactive ketones (excluding diaryl/α,β-unsaturated/α-hetero) is 2. The Morgan fingerprint density at radius 3 is 2.10 bits per heavy atom. The molecular formula is C16H10O4. The summed E-state index contributed by atoms with van der Waals surface area (Å²) in [5.74, 6) is -1.54. The highest BCUT2D eigenvalue weighted by atomic mass is 16.5. The first-order valence-electron chi connectivity index (χ1n) is 6.04. The van der Waals surface area contributed by atoms with Gasteiger partial charge in [-0.1, -0.05) is 24.3 Å². The number of fused-ring (bicyclic) bond motifs is 3. The molecule has 0 unspecified atom stereocenters. The highest BCUT2D eigenvalue weighted by Crippen LogP contribution is 2.34. The molecule has 2 aromatic carbocycles. The second-order valence-corrected chi connectivity index (χ2v) is 4.46. The van der Waals surface area contributed by atoms with Crippen molar-refractivity contribution in [3.63, 3.8) is 0 Å². The van der Waals surface area contributed by atoms with Crippen LogP contribution in [0.25, 0.3) is 11.1 Å². The van der Waals surface area contributed by atoms with Crippen molar-refractivity contribution in [1.29, 1.82) is 0 Å². The molecule has 0 atom stereocenters. The molecule has 20 heavy (non-hydrogen) atoms. The molecule has 3 rings (SSSR count). The first-order valence-corrected chi connectivity index (χ1v) is 6.04. The van der Waals surface area contributed by atoms with Crippen molar-refractivity contribution in [2.75, 3.05) is 7.11 Å². The van der Waals surface area contributed by atoms with Gasteiger partial charge < -0.3 is 4.74 Å². The van der Waals surface area contributed by atoms with E-state index in [1.807, 2.05) is 0 Å². The van der Waals surface area contributed by atoms with E-state index in [0.717, 1.165) is 0 Å². The fourth-order valence-corrected chi connectivity index (χ4v) is 2.37. The van der Waals surface area contributed by atoms with Crippen molar-refractivity contribution in [3.05, 3.63) is 59.2 Å². The van der Waals surface area contributed by atoms with Gasteiger partial charge in [0.05, 0.1) is 12.7 Å². The smallest absolute Gasteiger partial charge is 0.337 e. The van der Waals surface area contributed by atoms with E-state index in [1.54, 1.807) is 30.3 Å². The normalized spacial score (nSPS) is 12.7.